The van der Waals surface area contributed by atoms with Gasteiger partial charge < -0.3 is 20.8 Å². The van der Waals surface area contributed by atoms with Crippen molar-refractivity contribution in [1.29, 1.82) is 0 Å². The average Bonchev–Trinajstić information content (AvgIpc) is 2.88. The molecule has 3 rings (SSSR count). The molecule has 1 heterocycles. The van der Waals surface area contributed by atoms with Gasteiger partial charge in [-0.3, -0.25) is 4.79 Å². The van der Waals surface area contributed by atoms with Crippen molar-refractivity contribution in [2.45, 2.75) is 13.3 Å². The number of carbonyl (C=O) groups is 2. The first-order valence-electron chi connectivity index (χ1n) is 7.44. The molecule has 0 bridgehead atoms. The number of hydrogen-bond donors (Lipinski definition) is 3. The number of rotatable bonds is 4. The van der Waals surface area contributed by atoms with Crippen LogP contribution in [0.1, 0.15) is 11.1 Å². The maximum atomic E-state index is 12.3. The SMILES string of the molecule is Cc1ccc2c(CC(=O)Nc3cccc(NC(N)=O)c3)coc2c1. The summed E-state index contributed by atoms with van der Waals surface area (Å²) in [5.41, 5.74) is 8.88. The van der Waals surface area contributed by atoms with E-state index in [1.54, 1.807) is 30.5 Å². The largest absolute Gasteiger partial charge is 0.464 e. The van der Waals surface area contributed by atoms with Crippen molar-refractivity contribution in [1.82, 2.24) is 0 Å². The van der Waals surface area contributed by atoms with E-state index in [0.717, 1.165) is 22.1 Å². The standard InChI is InChI=1S/C18H17N3O3/c1-11-5-6-15-12(10-24-16(15)7-11)8-17(22)20-13-3-2-4-14(9-13)21-18(19)23/h2-7,9-10H,8H2,1H3,(H,20,22)(H3,19,21,23). The van der Waals surface area contributed by atoms with Crippen LogP contribution in [0.2, 0.25) is 0 Å². The molecule has 0 saturated carbocycles. The number of amides is 3. The number of nitrogens with one attached hydrogen (secondary N) is 2. The maximum absolute atomic E-state index is 12.3. The molecule has 0 spiro atoms. The number of anilines is 2. The van der Waals surface area contributed by atoms with Gasteiger partial charge in [-0.05, 0) is 36.8 Å². The van der Waals surface area contributed by atoms with Gasteiger partial charge in [0.2, 0.25) is 5.91 Å². The first-order valence-corrected chi connectivity index (χ1v) is 7.44. The first kappa shape index (κ1) is 15.6. The van der Waals surface area contributed by atoms with Gasteiger partial charge in [0, 0.05) is 22.3 Å². The molecule has 2 aromatic carbocycles. The zero-order valence-electron chi connectivity index (χ0n) is 13.1. The van der Waals surface area contributed by atoms with Gasteiger partial charge in [0.1, 0.15) is 5.58 Å². The fourth-order valence-electron chi connectivity index (χ4n) is 2.52. The minimum absolute atomic E-state index is 0.172. The van der Waals surface area contributed by atoms with Gasteiger partial charge in [-0.1, -0.05) is 18.2 Å². The van der Waals surface area contributed by atoms with Crippen LogP contribution < -0.4 is 16.4 Å². The highest BCUT2D eigenvalue weighted by Gasteiger charge is 2.11. The summed E-state index contributed by atoms with van der Waals surface area (Å²) in [6.45, 7) is 1.99. The van der Waals surface area contributed by atoms with Crippen molar-refractivity contribution >= 4 is 34.3 Å². The zero-order valence-corrected chi connectivity index (χ0v) is 13.1. The third-order valence-corrected chi connectivity index (χ3v) is 3.58. The monoisotopic (exact) mass is 323 g/mol. The highest BCUT2D eigenvalue weighted by atomic mass is 16.3. The third-order valence-electron chi connectivity index (χ3n) is 3.58. The zero-order chi connectivity index (χ0) is 17.1. The molecular formula is C18H17N3O3. The quantitative estimate of drug-likeness (QED) is 0.686. The van der Waals surface area contributed by atoms with Crippen LogP contribution in [0.5, 0.6) is 0 Å². The van der Waals surface area contributed by atoms with Crippen molar-refractivity contribution in [3.05, 3.63) is 59.9 Å². The number of aryl methyl sites for hydroxylation is 1. The molecule has 24 heavy (non-hydrogen) atoms. The van der Waals surface area contributed by atoms with Crippen LogP contribution in [-0.4, -0.2) is 11.9 Å². The van der Waals surface area contributed by atoms with Gasteiger partial charge in [0.05, 0.1) is 12.7 Å². The number of fused-ring (bicyclic) bond motifs is 1. The Morgan fingerprint density at radius 1 is 1.08 bits per heavy atom. The predicted octanol–water partition coefficient (Wildman–Crippen LogP) is 3.41. The van der Waals surface area contributed by atoms with E-state index in [2.05, 4.69) is 10.6 Å². The molecule has 0 fully saturated rings. The Labute approximate surface area is 138 Å². The van der Waals surface area contributed by atoms with Crippen molar-refractivity contribution < 1.29 is 14.0 Å². The van der Waals surface area contributed by atoms with Gasteiger partial charge in [0.25, 0.3) is 0 Å². The number of furan rings is 1. The molecule has 3 aromatic rings. The van der Waals surface area contributed by atoms with Gasteiger partial charge in [0.15, 0.2) is 0 Å². The number of carbonyl (C=O) groups excluding carboxylic acids is 2. The minimum atomic E-state index is -0.654. The molecule has 122 valence electrons. The Hall–Kier alpha value is -3.28. The summed E-state index contributed by atoms with van der Waals surface area (Å²) in [5, 5.41) is 6.19. The van der Waals surface area contributed by atoms with Crippen molar-refractivity contribution in [3.63, 3.8) is 0 Å². The number of benzene rings is 2. The summed E-state index contributed by atoms with van der Waals surface area (Å²) >= 11 is 0. The highest BCUT2D eigenvalue weighted by molar-refractivity contribution is 5.96. The summed E-state index contributed by atoms with van der Waals surface area (Å²) in [6, 6.07) is 12.0. The van der Waals surface area contributed by atoms with Crippen molar-refractivity contribution in [3.8, 4) is 0 Å². The lowest BCUT2D eigenvalue weighted by Gasteiger charge is -2.07. The third kappa shape index (κ3) is 3.55. The lowest BCUT2D eigenvalue weighted by Crippen LogP contribution is -2.19. The molecule has 3 amide bonds. The van der Waals surface area contributed by atoms with Crippen LogP contribution in [0.25, 0.3) is 11.0 Å². The second-order valence-electron chi connectivity index (χ2n) is 5.56. The second kappa shape index (κ2) is 6.45. The molecule has 0 aliphatic rings. The van der Waals surface area contributed by atoms with Gasteiger partial charge in [-0.2, -0.15) is 0 Å². The summed E-state index contributed by atoms with van der Waals surface area (Å²) < 4.78 is 5.50. The van der Waals surface area contributed by atoms with Crippen LogP contribution in [0, 0.1) is 6.92 Å². The van der Waals surface area contributed by atoms with E-state index < -0.39 is 6.03 Å². The Bertz CT molecular complexity index is 915. The summed E-state index contributed by atoms with van der Waals surface area (Å²) in [6.07, 6.45) is 1.80. The summed E-state index contributed by atoms with van der Waals surface area (Å²) in [4.78, 5) is 23.1. The molecular weight excluding hydrogens is 306 g/mol. The van der Waals surface area contributed by atoms with Gasteiger partial charge >= 0.3 is 6.03 Å². The van der Waals surface area contributed by atoms with Gasteiger partial charge in [-0.15, -0.1) is 0 Å². The molecule has 0 radical (unpaired) electrons. The Morgan fingerprint density at radius 3 is 2.58 bits per heavy atom. The van der Waals surface area contributed by atoms with Crippen LogP contribution in [0.3, 0.4) is 0 Å². The van der Waals surface area contributed by atoms with Crippen molar-refractivity contribution in [2.75, 3.05) is 10.6 Å². The van der Waals surface area contributed by atoms with E-state index in [1.165, 1.54) is 0 Å². The fourth-order valence-corrected chi connectivity index (χ4v) is 2.52. The van der Waals surface area contributed by atoms with E-state index in [4.69, 9.17) is 10.2 Å². The number of primary amides is 1. The minimum Gasteiger partial charge on any atom is -0.464 e. The molecule has 0 aliphatic heterocycles. The lowest BCUT2D eigenvalue weighted by atomic mass is 10.1. The normalized spacial score (nSPS) is 10.5. The molecule has 0 unspecified atom stereocenters. The van der Waals surface area contributed by atoms with E-state index in [0.29, 0.717) is 11.4 Å². The lowest BCUT2D eigenvalue weighted by molar-refractivity contribution is -0.115. The average molecular weight is 323 g/mol. The first-order chi connectivity index (χ1) is 11.5. The molecule has 0 aliphatic carbocycles. The smallest absolute Gasteiger partial charge is 0.316 e. The molecule has 6 heteroatoms. The molecule has 6 nitrogen and oxygen atoms in total. The second-order valence-corrected chi connectivity index (χ2v) is 5.56. The summed E-state index contributed by atoms with van der Waals surface area (Å²) in [5.74, 6) is -0.172. The topological polar surface area (TPSA) is 97.4 Å². The molecule has 0 saturated heterocycles. The number of nitrogens with two attached hydrogens (primary N) is 1. The van der Waals surface area contributed by atoms with Crippen LogP contribution in [0.15, 0.2) is 53.1 Å². The van der Waals surface area contributed by atoms with E-state index in [1.807, 2.05) is 25.1 Å². The van der Waals surface area contributed by atoms with E-state index in [-0.39, 0.29) is 12.3 Å². The van der Waals surface area contributed by atoms with Crippen LogP contribution in [-0.2, 0) is 11.2 Å². The molecule has 1 aromatic heterocycles. The van der Waals surface area contributed by atoms with Crippen LogP contribution in [0.4, 0.5) is 16.2 Å². The molecule has 4 N–H and O–H groups in total. The predicted molar refractivity (Wildman–Crippen MR) is 92.9 cm³/mol. The Kier molecular flexibility index (Phi) is 4.20. The van der Waals surface area contributed by atoms with Crippen molar-refractivity contribution in [2.24, 2.45) is 5.73 Å². The van der Waals surface area contributed by atoms with Gasteiger partial charge in [-0.25, -0.2) is 4.79 Å². The fraction of sp³-hybridized carbons (Fsp3) is 0.111. The Morgan fingerprint density at radius 2 is 1.83 bits per heavy atom. The highest BCUT2D eigenvalue weighted by Crippen LogP contribution is 2.23. The van der Waals surface area contributed by atoms with E-state index in [9.17, 15) is 9.59 Å². The maximum Gasteiger partial charge on any atom is 0.316 e. The van der Waals surface area contributed by atoms with Crippen LogP contribution >= 0.6 is 0 Å². The molecule has 0 atom stereocenters. The Balaban J connectivity index is 1.72. The summed E-state index contributed by atoms with van der Waals surface area (Å²) in [7, 11) is 0. The number of urea groups is 1. The number of hydrogen-bond acceptors (Lipinski definition) is 3. The van der Waals surface area contributed by atoms with E-state index >= 15 is 0 Å².